The van der Waals surface area contributed by atoms with Crippen LogP contribution in [0.1, 0.15) is 75.5 Å². The summed E-state index contributed by atoms with van der Waals surface area (Å²) >= 11 is 0. The molecule has 5 aromatic carbocycles. The van der Waals surface area contributed by atoms with Crippen molar-refractivity contribution >= 4 is 22.4 Å². The highest BCUT2D eigenvalue weighted by molar-refractivity contribution is 5.99. The number of fused-ring (bicyclic) bond motifs is 6. The number of rotatable bonds is 10. The quantitative estimate of drug-likeness (QED) is 0.150. The fraction of sp³-hybridized carbons (Fsp3) is 0.302. The lowest BCUT2D eigenvalue weighted by Gasteiger charge is -2.22. The Morgan fingerprint density at radius 2 is 1.24 bits per heavy atom. The van der Waals surface area contributed by atoms with Gasteiger partial charge in [0.1, 0.15) is 5.75 Å². The van der Waals surface area contributed by atoms with Crippen molar-refractivity contribution in [1.29, 1.82) is 0 Å². The Morgan fingerprint density at radius 3 is 1.91 bits per heavy atom. The first-order chi connectivity index (χ1) is 22.2. The lowest BCUT2D eigenvalue weighted by atomic mass is 9.86. The van der Waals surface area contributed by atoms with E-state index in [0.717, 1.165) is 25.0 Å². The SMILES string of the molecule is CCCCCc1ccc(-c2ccc3c(c2)=CC[C@@H]2OCOc4ccc5cc(-c6ccc(CCCCC)cc6)ccc5c4C=32)cc1. The second kappa shape index (κ2) is 13.5. The van der Waals surface area contributed by atoms with E-state index in [1.54, 1.807) is 0 Å². The molecule has 2 nitrogen and oxygen atoms in total. The van der Waals surface area contributed by atoms with Crippen LogP contribution in [0.5, 0.6) is 5.75 Å². The van der Waals surface area contributed by atoms with Crippen LogP contribution in [0.25, 0.3) is 44.7 Å². The highest BCUT2D eigenvalue weighted by Gasteiger charge is 2.28. The second-order valence-corrected chi connectivity index (χ2v) is 12.8. The molecular weight excluding hydrogens is 548 g/mol. The third-order valence-electron chi connectivity index (χ3n) is 9.66. The van der Waals surface area contributed by atoms with Crippen LogP contribution in [-0.2, 0) is 17.6 Å². The van der Waals surface area contributed by atoms with Gasteiger partial charge in [-0.25, -0.2) is 0 Å². The summed E-state index contributed by atoms with van der Waals surface area (Å²) in [6.45, 7) is 4.79. The van der Waals surface area contributed by atoms with Gasteiger partial charge in [-0.3, -0.25) is 0 Å². The Morgan fingerprint density at radius 1 is 0.622 bits per heavy atom. The highest BCUT2D eigenvalue weighted by Crippen LogP contribution is 2.39. The molecule has 0 N–H and O–H groups in total. The van der Waals surface area contributed by atoms with Gasteiger partial charge in [-0.15, -0.1) is 0 Å². The molecule has 1 atom stereocenters. The molecule has 0 saturated carbocycles. The number of unbranched alkanes of at least 4 members (excludes halogenated alkanes) is 4. The molecule has 0 amide bonds. The maximum absolute atomic E-state index is 6.31. The van der Waals surface area contributed by atoms with Crippen LogP contribution in [0.3, 0.4) is 0 Å². The number of aryl methyl sites for hydroxylation is 2. The van der Waals surface area contributed by atoms with Crippen molar-refractivity contribution in [3.63, 3.8) is 0 Å². The molecule has 0 saturated heterocycles. The molecule has 0 aromatic heterocycles. The molecule has 2 heteroatoms. The van der Waals surface area contributed by atoms with Gasteiger partial charge >= 0.3 is 0 Å². The normalized spacial score (nSPS) is 15.4. The average molecular weight is 593 g/mol. The van der Waals surface area contributed by atoms with E-state index in [1.165, 1.54) is 104 Å². The molecule has 1 heterocycles. The molecular formula is C43H44O2. The van der Waals surface area contributed by atoms with Crippen LogP contribution < -0.4 is 15.2 Å². The smallest absolute Gasteiger partial charge is 0.189 e. The minimum Gasteiger partial charge on any atom is -0.467 e. The Balaban J connectivity index is 1.26. The first kappa shape index (κ1) is 29.6. The van der Waals surface area contributed by atoms with Crippen LogP contribution in [0, 0.1) is 0 Å². The molecule has 1 aliphatic carbocycles. The summed E-state index contributed by atoms with van der Waals surface area (Å²) in [6, 6.07) is 36.4. The zero-order valence-electron chi connectivity index (χ0n) is 26.8. The standard InChI is InChI=1S/C43H44O2/c1-3-5-7-9-30-11-15-32(16-12-30)34-19-23-38-36(27-34)21-25-40-42(38)43-39-24-20-35(28-37(39)22-26-41(43)45-29-44-40)33-17-13-31(14-18-33)10-8-6-4-2/h11-25,27-28,41H,3-10,26,29H2,1-2H3/t41-/m0/s1. The Labute approximate surface area is 268 Å². The van der Waals surface area contributed by atoms with Crippen molar-refractivity contribution < 1.29 is 9.47 Å². The van der Waals surface area contributed by atoms with E-state index in [1.807, 2.05) is 0 Å². The minimum absolute atomic E-state index is 0.0301. The summed E-state index contributed by atoms with van der Waals surface area (Å²) in [6.07, 6.45) is 13.1. The van der Waals surface area contributed by atoms with E-state index in [0.29, 0.717) is 0 Å². The molecule has 7 rings (SSSR count). The van der Waals surface area contributed by atoms with Gasteiger partial charge in [0.05, 0.1) is 6.10 Å². The van der Waals surface area contributed by atoms with Gasteiger partial charge in [-0.05, 0) is 105 Å². The minimum atomic E-state index is -0.0301. The molecule has 0 unspecified atom stereocenters. The van der Waals surface area contributed by atoms with Crippen LogP contribution in [0.2, 0.25) is 0 Å². The van der Waals surface area contributed by atoms with Gasteiger partial charge in [-0.2, -0.15) is 0 Å². The molecule has 0 fully saturated rings. The fourth-order valence-electron chi connectivity index (χ4n) is 7.08. The largest absolute Gasteiger partial charge is 0.467 e. The van der Waals surface area contributed by atoms with E-state index < -0.39 is 0 Å². The van der Waals surface area contributed by atoms with Crippen molar-refractivity contribution in [2.45, 2.75) is 77.7 Å². The summed E-state index contributed by atoms with van der Waals surface area (Å²) in [4.78, 5) is 0. The topological polar surface area (TPSA) is 18.5 Å². The number of hydrogen-bond acceptors (Lipinski definition) is 2. The molecule has 0 spiro atoms. The zero-order valence-corrected chi connectivity index (χ0v) is 26.8. The molecule has 0 bridgehead atoms. The van der Waals surface area contributed by atoms with Gasteiger partial charge in [0.15, 0.2) is 6.79 Å². The first-order valence-corrected chi connectivity index (χ1v) is 17.1. The van der Waals surface area contributed by atoms with E-state index in [4.69, 9.17) is 9.47 Å². The van der Waals surface area contributed by atoms with Crippen LogP contribution in [0.4, 0.5) is 0 Å². The Bertz CT molecular complexity index is 1910. The van der Waals surface area contributed by atoms with Gasteiger partial charge in [0.2, 0.25) is 0 Å². The maximum Gasteiger partial charge on any atom is 0.189 e. The van der Waals surface area contributed by atoms with Crippen molar-refractivity contribution in [2.24, 2.45) is 0 Å². The third-order valence-corrected chi connectivity index (χ3v) is 9.66. The summed E-state index contributed by atoms with van der Waals surface area (Å²) in [5.74, 6) is 0.903. The maximum atomic E-state index is 6.31. The third kappa shape index (κ3) is 6.22. The lowest BCUT2D eigenvalue weighted by molar-refractivity contribution is -0.00399. The summed E-state index contributed by atoms with van der Waals surface area (Å²) in [5, 5.41) is 4.96. The van der Waals surface area contributed by atoms with Crippen LogP contribution >= 0.6 is 0 Å². The van der Waals surface area contributed by atoms with Gasteiger partial charge < -0.3 is 9.47 Å². The van der Waals surface area contributed by atoms with E-state index >= 15 is 0 Å². The molecule has 1 aliphatic heterocycles. The predicted molar refractivity (Wildman–Crippen MR) is 189 cm³/mol. The summed E-state index contributed by atoms with van der Waals surface area (Å²) in [7, 11) is 0. The van der Waals surface area contributed by atoms with Gasteiger partial charge in [0, 0.05) is 11.1 Å². The fourth-order valence-corrected chi connectivity index (χ4v) is 7.08. The van der Waals surface area contributed by atoms with E-state index in [2.05, 4.69) is 117 Å². The molecule has 228 valence electrons. The number of ether oxygens (including phenoxy) is 2. The number of benzene rings is 5. The predicted octanol–water partition coefficient (Wildman–Crippen LogP) is 9.76. The summed E-state index contributed by atoms with van der Waals surface area (Å²) < 4.78 is 12.5. The average Bonchev–Trinajstić information content (AvgIpc) is 3.28. The number of hydrogen-bond donors (Lipinski definition) is 0. The molecule has 5 aromatic rings. The van der Waals surface area contributed by atoms with Crippen molar-refractivity contribution in [3.05, 3.63) is 124 Å². The second-order valence-electron chi connectivity index (χ2n) is 12.8. The molecule has 2 aliphatic rings. The monoisotopic (exact) mass is 592 g/mol. The van der Waals surface area contributed by atoms with Crippen molar-refractivity contribution in [2.75, 3.05) is 6.79 Å². The van der Waals surface area contributed by atoms with Crippen molar-refractivity contribution in [1.82, 2.24) is 0 Å². The van der Waals surface area contributed by atoms with E-state index in [-0.39, 0.29) is 12.9 Å². The zero-order chi connectivity index (χ0) is 30.6. The van der Waals surface area contributed by atoms with Crippen LogP contribution in [0.15, 0.2) is 97.1 Å². The Hall–Kier alpha value is -4.14. The molecule has 45 heavy (non-hydrogen) atoms. The van der Waals surface area contributed by atoms with Gasteiger partial charge in [-0.1, -0.05) is 124 Å². The van der Waals surface area contributed by atoms with Gasteiger partial charge in [0.25, 0.3) is 0 Å². The highest BCUT2D eigenvalue weighted by atomic mass is 16.7. The van der Waals surface area contributed by atoms with Crippen LogP contribution in [-0.4, -0.2) is 12.9 Å². The van der Waals surface area contributed by atoms with Crippen molar-refractivity contribution in [3.8, 4) is 28.0 Å². The summed E-state index contributed by atoms with van der Waals surface area (Å²) in [5.41, 5.74) is 10.3. The lowest BCUT2D eigenvalue weighted by Crippen LogP contribution is -2.36. The first-order valence-electron chi connectivity index (χ1n) is 17.1. The molecule has 0 radical (unpaired) electrons. The Kier molecular flexibility index (Phi) is 8.85. The van der Waals surface area contributed by atoms with E-state index in [9.17, 15) is 0 Å².